The first-order valence-corrected chi connectivity index (χ1v) is 9.66. The highest BCUT2D eigenvalue weighted by Crippen LogP contribution is 2.23. The van der Waals surface area contributed by atoms with E-state index in [1.54, 1.807) is 4.90 Å². The molecule has 3 rings (SSSR count). The van der Waals surface area contributed by atoms with Crippen LogP contribution < -0.4 is 5.32 Å². The third-order valence-corrected chi connectivity index (χ3v) is 5.47. The van der Waals surface area contributed by atoms with Gasteiger partial charge in [0.05, 0.1) is 5.69 Å². The lowest BCUT2D eigenvalue weighted by molar-refractivity contribution is -0.128. The van der Waals surface area contributed by atoms with E-state index in [1.807, 2.05) is 24.4 Å². The molecular formula is C20H22N4OS. The number of thiazole rings is 1. The number of carbonyl (C=O) groups is 1. The minimum absolute atomic E-state index is 0.124. The monoisotopic (exact) mass is 366 g/mol. The van der Waals surface area contributed by atoms with Crippen molar-refractivity contribution in [1.29, 1.82) is 5.26 Å². The van der Waals surface area contributed by atoms with Gasteiger partial charge in [0.2, 0.25) is 0 Å². The highest BCUT2D eigenvalue weighted by molar-refractivity contribution is 7.13. The molecule has 0 bridgehead atoms. The van der Waals surface area contributed by atoms with Crippen LogP contribution in [0.5, 0.6) is 0 Å². The lowest BCUT2D eigenvalue weighted by Gasteiger charge is -2.32. The number of piperidine rings is 1. The fraction of sp³-hybridized carbons (Fsp3) is 0.350. The van der Waals surface area contributed by atoms with Crippen molar-refractivity contribution in [1.82, 2.24) is 9.88 Å². The van der Waals surface area contributed by atoms with Gasteiger partial charge >= 0.3 is 0 Å². The quantitative estimate of drug-likeness (QED) is 0.646. The van der Waals surface area contributed by atoms with E-state index < -0.39 is 0 Å². The maximum Gasteiger partial charge on any atom is 0.266 e. The predicted octanol–water partition coefficient (Wildman–Crippen LogP) is 3.75. The van der Waals surface area contributed by atoms with Crippen molar-refractivity contribution in [2.75, 3.05) is 18.4 Å². The molecule has 1 saturated heterocycles. The van der Waals surface area contributed by atoms with Crippen molar-refractivity contribution in [3.05, 3.63) is 58.7 Å². The van der Waals surface area contributed by atoms with Crippen LogP contribution >= 0.6 is 11.3 Å². The third kappa shape index (κ3) is 4.70. The number of aryl methyl sites for hydroxylation is 1. The summed E-state index contributed by atoms with van der Waals surface area (Å²) in [5.41, 5.74) is 2.38. The number of hydrogen-bond donors (Lipinski definition) is 1. The first-order valence-electron chi connectivity index (χ1n) is 8.78. The molecule has 0 unspecified atom stereocenters. The largest absolute Gasteiger partial charge is 0.338 e. The van der Waals surface area contributed by atoms with E-state index in [0.29, 0.717) is 24.1 Å². The van der Waals surface area contributed by atoms with Crippen molar-refractivity contribution < 1.29 is 4.79 Å². The van der Waals surface area contributed by atoms with Gasteiger partial charge in [0.25, 0.3) is 5.91 Å². The maximum atomic E-state index is 12.6. The van der Waals surface area contributed by atoms with Gasteiger partial charge < -0.3 is 10.2 Å². The topological polar surface area (TPSA) is 69.0 Å². The molecule has 1 fully saturated rings. The molecule has 0 saturated carbocycles. The normalized spacial score (nSPS) is 15.5. The predicted molar refractivity (Wildman–Crippen MR) is 104 cm³/mol. The summed E-state index contributed by atoms with van der Waals surface area (Å²) in [4.78, 5) is 18.6. The fourth-order valence-electron chi connectivity index (χ4n) is 3.15. The Morgan fingerprint density at radius 3 is 2.73 bits per heavy atom. The number of nitrogens with one attached hydrogen (secondary N) is 1. The van der Waals surface area contributed by atoms with Crippen LogP contribution in [0.25, 0.3) is 0 Å². The molecule has 2 aromatic rings. The number of hydrogen-bond acceptors (Lipinski definition) is 5. The Balaban J connectivity index is 1.54. The number of nitriles is 1. The fourth-order valence-corrected chi connectivity index (χ4v) is 3.81. The zero-order valence-electron chi connectivity index (χ0n) is 14.8. The van der Waals surface area contributed by atoms with Crippen LogP contribution in [-0.2, 0) is 11.2 Å². The second kappa shape index (κ2) is 8.63. The second-order valence-electron chi connectivity index (χ2n) is 6.53. The van der Waals surface area contributed by atoms with Crippen LogP contribution in [0.4, 0.5) is 5.13 Å². The van der Waals surface area contributed by atoms with Gasteiger partial charge in [0, 0.05) is 24.7 Å². The molecule has 1 aromatic carbocycles. The highest BCUT2D eigenvalue weighted by Gasteiger charge is 2.25. The van der Waals surface area contributed by atoms with Crippen molar-refractivity contribution >= 4 is 22.4 Å². The molecule has 1 aliphatic rings. The van der Waals surface area contributed by atoms with Crippen LogP contribution in [-0.4, -0.2) is 28.9 Å². The number of likely N-dealkylation sites (tertiary alicyclic amines) is 1. The number of carbonyl (C=O) groups excluding carboxylic acids is 1. The van der Waals surface area contributed by atoms with Crippen molar-refractivity contribution in [3.8, 4) is 6.07 Å². The van der Waals surface area contributed by atoms with Gasteiger partial charge in [-0.15, -0.1) is 11.3 Å². The zero-order valence-corrected chi connectivity index (χ0v) is 15.6. The first kappa shape index (κ1) is 18.2. The van der Waals surface area contributed by atoms with Gasteiger partial charge in [-0.3, -0.25) is 4.79 Å². The Kier molecular flexibility index (Phi) is 6.03. The van der Waals surface area contributed by atoms with Crippen molar-refractivity contribution in [2.45, 2.75) is 26.2 Å². The Morgan fingerprint density at radius 1 is 1.38 bits per heavy atom. The summed E-state index contributed by atoms with van der Waals surface area (Å²) >= 11 is 1.45. The lowest BCUT2D eigenvalue weighted by Crippen LogP contribution is -2.39. The summed E-state index contributed by atoms with van der Waals surface area (Å²) in [7, 11) is 0. The summed E-state index contributed by atoms with van der Waals surface area (Å²) in [6.45, 7) is 3.30. The maximum absolute atomic E-state index is 12.6. The van der Waals surface area contributed by atoms with Gasteiger partial charge in [0.15, 0.2) is 5.13 Å². The van der Waals surface area contributed by atoms with Crippen LogP contribution in [0.3, 0.4) is 0 Å². The van der Waals surface area contributed by atoms with Gasteiger partial charge in [-0.1, -0.05) is 30.3 Å². The van der Waals surface area contributed by atoms with E-state index in [0.717, 1.165) is 25.0 Å². The van der Waals surface area contributed by atoms with E-state index in [4.69, 9.17) is 0 Å². The van der Waals surface area contributed by atoms with Crippen molar-refractivity contribution in [3.63, 3.8) is 0 Å². The van der Waals surface area contributed by atoms with Gasteiger partial charge in [-0.2, -0.15) is 5.26 Å². The zero-order chi connectivity index (χ0) is 18.4. The molecule has 26 heavy (non-hydrogen) atoms. The van der Waals surface area contributed by atoms with Crippen molar-refractivity contribution in [2.24, 2.45) is 5.92 Å². The standard InChI is InChI=1S/C20H22N4OS/c1-15-14-26-20(23-15)22-13-18(12-21)19(25)24-9-7-17(8-10-24)11-16-5-3-2-4-6-16/h2-6,13-14,17H,7-11H2,1H3,(H,22,23)/b18-13-. The Bertz CT molecular complexity index is 814. The van der Waals surface area contributed by atoms with E-state index >= 15 is 0 Å². The molecule has 0 radical (unpaired) electrons. The minimum Gasteiger partial charge on any atom is -0.338 e. The Hall–Kier alpha value is -2.65. The lowest BCUT2D eigenvalue weighted by atomic mass is 9.90. The number of anilines is 1. The summed E-state index contributed by atoms with van der Waals surface area (Å²) in [5, 5.41) is 14.9. The van der Waals surface area contributed by atoms with Crippen LogP contribution in [0.1, 0.15) is 24.1 Å². The highest BCUT2D eigenvalue weighted by atomic mass is 32.1. The van der Waals surface area contributed by atoms with Gasteiger partial charge in [0.1, 0.15) is 11.6 Å². The average Bonchev–Trinajstić information content (AvgIpc) is 3.09. The molecule has 0 atom stereocenters. The third-order valence-electron chi connectivity index (χ3n) is 4.58. The molecule has 0 aliphatic carbocycles. The summed E-state index contributed by atoms with van der Waals surface area (Å²) in [5.74, 6) is 0.388. The van der Waals surface area contributed by atoms with Gasteiger partial charge in [-0.05, 0) is 37.7 Å². The van der Waals surface area contributed by atoms with E-state index in [9.17, 15) is 10.1 Å². The van der Waals surface area contributed by atoms with Crippen LogP contribution in [0.2, 0.25) is 0 Å². The first-order chi connectivity index (χ1) is 12.7. The number of aromatic nitrogens is 1. The van der Waals surface area contributed by atoms with E-state index in [2.05, 4.69) is 34.6 Å². The molecule has 1 N–H and O–H groups in total. The average molecular weight is 366 g/mol. The number of benzene rings is 1. The minimum atomic E-state index is -0.202. The smallest absolute Gasteiger partial charge is 0.266 e. The molecule has 1 aromatic heterocycles. The Labute approximate surface area is 158 Å². The molecule has 5 nitrogen and oxygen atoms in total. The van der Waals surface area contributed by atoms with Crippen LogP contribution in [0, 0.1) is 24.2 Å². The molecule has 1 amide bonds. The van der Waals surface area contributed by atoms with Crippen LogP contribution in [0.15, 0.2) is 47.5 Å². The summed E-state index contributed by atoms with van der Waals surface area (Å²) < 4.78 is 0. The van der Waals surface area contributed by atoms with Gasteiger partial charge in [-0.25, -0.2) is 4.98 Å². The molecule has 6 heteroatoms. The molecular weight excluding hydrogens is 344 g/mol. The summed E-state index contributed by atoms with van der Waals surface area (Å²) in [6.07, 6.45) is 4.46. The summed E-state index contributed by atoms with van der Waals surface area (Å²) in [6, 6.07) is 12.5. The van der Waals surface area contributed by atoms with E-state index in [1.165, 1.54) is 23.1 Å². The molecule has 2 heterocycles. The molecule has 134 valence electrons. The number of amides is 1. The molecule has 0 spiro atoms. The second-order valence-corrected chi connectivity index (χ2v) is 7.39. The van der Waals surface area contributed by atoms with E-state index in [-0.39, 0.29) is 11.5 Å². The SMILES string of the molecule is Cc1csc(N/C=C(/C#N)C(=O)N2CCC(Cc3ccccc3)CC2)n1. The number of rotatable bonds is 5. The Morgan fingerprint density at radius 2 is 2.12 bits per heavy atom. The molecule has 1 aliphatic heterocycles. The number of nitrogens with zero attached hydrogens (tertiary/aromatic N) is 3.